The summed E-state index contributed by atoms with van der Waals surface area (Å²) in [6.45, 7) is -0.206. The van der Waals surface area contributed by atoms with E-state index in [9.17, 15) is 13.2 Å². The summed E-state index contributed by atoms with van der Waals surface area (Å²) in [4.78, 5) is 12.5. The van der Waals surface area contributed by atoms with E-state index in [1.165, 1.54) is 51.3 Å². The summed E-state index contributed by atoms with van der Waals surface area (Å²) in [5, 5.41) is 2.88. The van der Waals surface area contributed by atoms with Crippen molar-refractivity contribution in [3.05, 3.63) is 30.3 Å². The van der Waals surface area contributed by atoms with Crippen molar-refractivity contribution in [2.75, 3.05) is 13.6 Å². The van der Waals surface area contributed by atoms with Gasteiger partial charge in [-0.15, -0.1) is 0 Å². The number of benzene rings is 1. The van der Waals surface area contributed by atoms with Gasteiger partial charge in [0.2, 0.25) is 15.9 Å². The maximum atomic E-state index is 12.5. The molecule has 1 aromatic carbocycles. The largest absolute Gasteiger partial charge is 0.338 e. The molecule has 1 saturated heterocycles. The molecule has 2 fully saturated rings. The van der Waals surface area contributed by atoms with E-state index in [1.807, 2.05) is 0 Å². The summed E-state index contributed by atoms with van der Waals surface area (Å²) in [5.41, 5.74) is 6.39. The second kappa shape index (κ2) is 9.14. The van der Waals surface area contributed by atoms with Crippen LogP contribution in [0.4, 0.5) is 0 Å². The quantitative estimate of drug-likeness (QED) is 0.653. The Balaban J connectivity index is 1.45. The minimum absolute atomic E-state index is 0.168. The van der Waals surface area contributed by atoms with E-state index in [-0.39, 0.29) is 23.5 Å². The van der Waals surface area contributed by atoms with E-state index in [0.29, 0.717) is 6.04 Å². The molecule has 1 aromatic rings. The number of carbonyl (C=O) groups excluding carboxylic acids is 1. The Morgan fingerprint density at radius 2 is 1.85 bits per heavy atom. The molecule has 3 rings (SSSR count). The highest BCUT2D eigenvalue weighted by Crippen LogP contribution is 2.28. The van der Waals surface area contributed by atoms with Gasteiger partial charge in [0.15, 0.2) is 0 Å². The number of nitrogens with zero attached hydrogens (tertiary/aromatic N) is 1. The molecule has 0 bridgehead atoms. The second-order valence-corrected chi connectivity index (χ2v) is 9.70. The zero-order chi connectivity index (χ0) is 19.3. The van der Waals surface area contributed by atoms with Gasteiger partial charge >= 0.3 is 0 Å². The van der Waals surface area contributed by atoms with Gasteiger partial charge in [-0.1, -0.05) is 50.3 Å². The molecule has 1 aliphatic heterocycles. The van der Waals surface area contributed by atoms with Crippen LogP contribution in [0.25, 0.3) is 0 Å². The number of amides is 1. The van der Waals surface area contributed by atoms with E-state index in [4.69, 9.17) is 0 Å². The summed E-state index contributed by atoms with van der Waals surface area (Å²) in [6.07, 6.45) is 8.39. The van der Waals surface area contributed by atoms with Crippen LogP contribution in [0, 0.1) is 5.92 Å². The van der Waals surface area contributed by atoms with E-state index in [0.717, 1.165) is 23.1 Å². The minimum Gasteiger partial charge on any atom is -0.338 e. The number of carbonyl (C=O) groups is 1. The Bertz CT molecular complexity index is 720. The molecule has 8 heteroatoms. The first-order valence-electron chi connectivity index (χ1n) is 9.77. The fraction of sp³-hybridized carbons (Fsp3) is 0.632. The predicted molar refractivity (Wildman–Crippen MR) is 104 cm³/mol. The van der Waals surface area contributed by atoms with Gasteiger partial charge in [-0.3, -0.25) is 10.2 Å². The van der Waals surface area contributed by atoms with Crippen molar-refractivity contribution in [1.82, 2.24) is 20.5 Å². The number of rotatable bonds is 7. The smallest absolute Gasteiger partial charge is 0.243 e. The van der Waals surface area contributed by atoms with Crippen molar-refractivity contribution < 1.29 is 13.2 Å². The van der Waals surface area contributed by atoms with Crippen molar-refractivity contribution >= 4 is 15.9 Å². The number of hydrazine groups is 1. The maximum absolute atomic E-state index is 12.5. The lowest BCUT2D eigenvalue weighted by molar-refractivity contribution is -0.121. The lowest BCUT2D eigenvalue weighted by Crippen LogP contribution is -2.48. The highest BCUT2D eigenvalue weighted by atomic mass is 32.2. The van der Waals surface area contributed by atoms with Gasteiger partial charge < -0.3 is 5.32 Å². The summed E-state index contributed by atoms with van der Waals surface area (Å²) < 4.78 is 26.1. The zero-order valence-corrected chi connectivity index (χ0v) is 16.7. The molecule has 3 N–H and O–H groups in total. The van der Waals surface area contributed by atoms with Crippen LogP contribution in [-0.2, 0) is 14.8 Å². The molecule has 2 unspecified atom stereocenters. The van der Waals surface area contributed by atoms with Crippen molar-refractivity contribution in [1.29, 1.82) is 0 Å². The van der Waals surface area contributed by atoms with E-state index < -0.39 is 10.0 Å². The highest BCUT2D eigenvalue weighted by molar-refractivity contribution is 7.89. The number of hydrogen-bond donors (Lipinski definition) is 3. The van der Waals surface area contributed by atoms with Gasteiger partial charge in [0.25, 0.3) is 0 Å². The lowest BCUT2D eigenvalue weighted by Gasteiger charge is -2.24. The fourth-order valence-corrected chi connectivity index (χ4v) is 5.14. The SMILES string of the molecule is CN(CC(=O)NC1CC(CC2CCCCC2)NN1)S(=O)(=O)c1ccccc1. The first-order chi connectivity index (χ1) is 12.9. The van der Waals surface area contributed by atoms with Crippen molar-refractivity contribution in [3.63, 3.8) is 0 Å². The molecule has 1 aliphatic carbocycles. The van der Waals surface area contributed by atoms with Crippen LogP contribution >= 0.6 is 0 Å². The summed E-state index contributed by atoms with van der Waals surface area (Å²) >= 11 is 0. The average molecular weight is 395 g/mol. The Hall–Kier alpha value is -1.48. The van der Waals surface area contributed by atoms with Crippen LogP contribution in [-0.4, -0.2) is 44.4 Å². The van der Waals surface area contributed by atoms with Crippen LogP contribution in [0.1, 0.15) is 44.9 Å². The van der Waals surface area contributed by atoms with Gasteiger partial charge in [0, 0.05) is 13.1 Å². The molecule has 1 amide bonds. The van der Waals surface area contributed by atoms with Crippen LogP contribution in [0.2, 0.25) is 0 Å². The Kier molecular flexibility index (Phi) is 6.86. The summed E-state index contributed by atoms with van der Waals surface area (Å²) in [7, 11) is -2.24. The van der Waals surface area contributed by atoms with Gasteiger partial charge in [0.05, 0.1) is 17.6 Å². The number of hydrogen-bond acceptors (Lipinski definition) is 5. The molecule has 2 aliphatic rings. The van der Waals surface area contributed by atoms with Crippen LogP contribution in [0.3, 0.4) is 0 Å². The van der Waals surface area contributed by atoms with E-state index in [1.54, 1.807) is 18.2 Å². The van der Waals surface area contributed by atoms with Crippen molar-refractivity contribution in [2.45, 2.75) is 62.0 Å². The summed E-state index contributed by atoms with van der Waals surface area (Å²) in [5.74, 6) is 0.462. The second-order valence-electron chi connectivity index (χ2n) is 7.66. The predicted octanol–water partition coefficient (Wildman–Crippen LogP) is 1.59. The third-order valence-electron chi connectivity index (χ3n) is 5.48. The van der Waals surface area contributed by atoms with Gasteiger partial charge in [-0.05, 0) is 30.9 Å². The topological polar surface area (TPSA) is 90.5 Å². The zero-order valence-electron chi connectivity index (χ0n) is 15.9. The number of sulfonamides is 1. The van der Waals surface area contributed by atoms with E-state index >= 15 is 0 Å². The molecule has 0 spiro atoms. The maximum Gasteiger partial charge on any atom is 0.243 e. The van der Waals surface area contributed by atoms with Crippen molar-refractivity contribution in [2.24, 2.45) is 5.92 Å². The van der Waals surface area contributed by atoms with Crippen LogP contribution < -0.4 is 16.2 Å². The minimum atomic E-state index is -3.66. The molecule has 27 heavy (non-hydrogen) atoms. The number of nitrogens with one attached hydrogen (secondary N) is 3. The molecular weight excluding hydrogens is 364 g/mol. The van der Waals surface area contributed by atoms with Crippen molar-refractivity contribution in [3.8, 4) is 0 Å². The monoisotopic (exact) mass is 394 g/mol. The Labute approximate surface area is 161 Å². The average Bonchev–Trinajstić information content (AvgIpc) is 3.09. The van der Waals surface area contributed by atoms with Gasteiger partial charge in [0.1, 0.15) is 0 Å². The fourth-order valence-electron chi connectivity index (χ4n) is 4.00. The molecular formula is C19H30N4O3S. The van der Waals surface area contributed by atoms with Crippen LogP contribution in [0.5, 0.6) is 0 Å². The third-order valence-corrected chi connectivity index (χ3v) is 7.29. The third kappa shape index (κ3) is 5.51. The van der Waals surface area contributed by atoms with E-state index in [2.05, 4.69) is 16.2 Å². The molecule has 1 saturated carbocycles. The van der Waals surface area contributed by atoms with Crippen LogP contribution in [0.15, 0.2) is 35.2 Å². The standard InChI is InChI=1S/C19H30N4O3S/c1-23(27(25,26)17-10-6-3-7-11-17)14-19(24)20-18-13-16(21-22-18)12-15-8-4-2-5-9-15/h3,6-7,10-11,15-16,18,21-22H,2,4-5,8-9,12-14H2,1H3,(H,20,24). The number of likely N-dealkylation sites (N-methyl/N-ethyl adjacent to an activating group) is 1. The highest BCUT2D eigenvalue weighted by Gasteiger charge is 2.29. The first-order valence-corrected chi connectivity index (χ1v) is 11.2. The summed E-state index contributed by atoms with van der Waals surface area (Å²) in [6, 6.07) is 8.50. The molecule has 150 valence electrons. The molecule has 2 atom stereocenters. The first kappa shape index (κ1) is 20.3. The Morgan fingerprint density at radius 3 is 2.56 bits per heavy atom. The lowest BCUT2D eigenvalue weighted by atomic mass is 9.84. The van der Waals surface area contributed by atoms with Gasteiger partial charge in [-0.2, -0.15) is 4.31 Å². The molecule has 1 heterocycles. The Morgan fingerprint density at radius 1 is 1.15 bits per heavy atom. The molecule has 0 radical (unpaired) electrons. The van der Waals surface area contributed by atoms with Gasteiger partial charge in [-0.25, -0.2) is 13.8 Å². The molecule has 7 nitrogen and oxygen atoms in total. The molecule has 0 aromatic heterocycles. The normalized spacial score (nSPS) is 24.2.